The van der Waals surface area contributed by atoms with Crippen molar-refractivity contribution in [2.75, 3.05) is 0 Å². The third kappa shape index (κ3) is 5.42. The summed E-state index contributed by atoms with van der Waals surface area (Å²) in [5.41, 5.74) is 3.85. The minimum absolute atomic E-state index is 0.188. The van der Waals surface area contributed by atoms with Crippen LogP contribution in [0.4, 0.5) is 5.69 Å². The van der Waals surface area contributed by atoms with Crippen molar-refractivity contribution in [2.24, 2.45) is 10.8 Å². The van der Waals surface area contributed by atoms with Crippen LogP contribution in [0.5, 0.6) is 0 Å². The van der Waals surface area contributed by atoms with E-state index < -0.39 is 0 Å². The van der Waals surface area contributed by atoms with Crippen LogP contribution in [0.3, 0.4) is 0 Å². The molecule has 3 nitrogen and oxygen atoms in total. The van der Waals surface area contributed by atoms with Gasteiger partial charge in [-0.15, -0.1) is 0 Å². The maximum atomic E-state index is 11.2. The highest BCUT2D eigenvalue weighted by molar-refractivity contribution is 5.43. The van der Waals surface area contributed by atoms with Gasteiger partial charge in [-0.2, -0.15) is 0 Å². The summed E-state index contributed by atoms with van der Waals surface area (Å²) in [5.74, 6) is 0.475. The predicted octanol–water partition coefficient (Wildman–Crippen LogP) is 6.75. The quantitative estimate of drug-likeness (QED) is 0.440. The molecule has 1 atom stereocenters. The average Bonchev–Trinajstić information content (AvgIpc) is 2.52. The number of nitro groups is 1. The van der Waals surface area contributed by atoms with Gasteiger partial charge in [0, 0.05) is 18.1 Å². The van der Waals surface area contributed by atoms with Gasteiger partial charge in [-0.25, -0.2) is 0 Å². The Labute approximate surface area is 157 Å². The summed E-state index contributed by atoms with van der Waals surface area (Å²) >= 11 is 0. The Morgan fingerprint density at radius 3 is 2.00 bits per heavy atom. The molecule has 0 amide bonds. The molecule has 2 aromatic rings. The van der Waals surface area contributed by atoms with Gasteiger partial charge in [0.1, 0.15) is 0 Å². The van der Waals surface area contributed by atoms with Crippen LogP contribution in [0, 0.1) is 20.9 Å². The third-order valence-electron chi connectivity index (χ3n) is 4.83. The molecule has 0 saturated heterocycles. The van der Waals surface area contributed by atoms with Gasteiger partial charge >= 0.3 is 0 Å². The minimum atomic E-state index is -0.303. The fraction of sp³-hybridized carbons (Fsp3) is 0.478. The van der Waals surface area contributed by atoms with E-state index in [0.717, 1.165) is 17.5 Å². The van der Waals surface area contributed by atoms with Crippen LogP contribution in [0.15, 0.2) is 48.5 Å². The molecular weight excluding hydrogens is 322 g/mol. The van der Waals surface area contributed by atoms with Crippen molar-refractivity contribution in [1.82, 2.24) is 0 Å². The molecule has 0 N–H and O–H groups in total. The van der Waals surface area contributed by atoms with Crippen molar-refractivity contribution < 1.29 is 4.92 Å². The number of nitrogens with zero attached hydrogens (tertiary/aromatic N) is 1. The summed E-state index contributed by atoms with van der Waals surface area (Å²) < 4.78 is 0. The molecule has 3 heteroatoms. The summed E-state index contributed by atoms with van der Waals surface area (Å²) in [6.07, 6.45) is 1.71. The molecule has 140 valence electrons. The SMILES string of the molecule is CC(C)(C)CC(c1ccc(Cc2ccccc2[N+](=O)[O-])cc1)C(C)(C)C. The Morgan fingerprint density at radius 2 is 1.50 bits per heavy atom. The lowest BCUT2D eigenvalue weighted by atomic mass is 9.69. The molecule has 0 bridgehead atoms. The smallest absolute Gasteiger partial charge is 0.258 e. The molecule has 0 aromatic heterocycles. The first-order chi connectivity index (χ1) is 12.0. The van der Waals surface area contributed by atoms with E-state index in [9.17, 15) is 10.1 Å². The Balaban J connectivity index is 2.26. The maximum Gasteiger partial charge on any atom is 0.272 e. The summed E-state index contributed by atoms with van der Waals surface area (Å²) in [6.45, 7) is 13.7. The third-order valence-corrected chi connectivity index (χ3v) is 4.83. The molecule has 0 heterocycles. The lowest BCUT2D eigenvalue weighted by Crippen LogP contribution is -2.23. The van der Waals surface area contributed by atoms with E-state index >= 15 is 0 Å². The van der Waals surface area contributed by atoms with Crippen LogP contribution < -0.4 is 0 Å². The molecule has 2 aromatic carbocycles. The van der Waals surface area contributed by atoms with Gasteiger partial charge in [-0.3, -0.25) is 10.1 Å². The zero-order valence-corrected chi connectivity index (χ0v) is 16.9. The van der Waals surface area contributed by atoms with E-state index in [1.165, 1.54) is 5.56 Å². The van der Waals surface area contributed by atoms with E-state index in [1.54, 1.807) is 12.1 Å². The second kappa shape index (κ2) is 7.61. The van der Waals surface area contributed by atoms with E-state index in [0.29, 0.717) is 12.3 Å². The van der Waals surface area contributed by atoms with Gasteiger partial charge in [0.15, 0.2) is 0 Å². The van der Waals surface area contributed by atoms with Crippen LogP contribution in [-0.2, 0) is 6.42 Å². The molecule has 26 heavy (non-hydrogen) atoms. The Morgan fingerprint density at radius 1 is 0.923 bits per heavy atom. The number of para-hydroxylation sites is 1. The summed E-state index contributed by atoms with van der Waals surface area (Å²) in [6, 6.07) is 15.6. The number of benzene rings is 2. The Kier molecular flexibility index (Phi) is 5.90. The highest BCUT2D eigenvalue weighted by Gasteiger charge is 2.30. The largest absolute Gasteiger partial charge is 0.272 e. The van der Waals surface area contributed by atoms with Crippen LogP contribution in [0.1, 0.15) is 70.6 Å². The first-order valence-electron chi connectivity index (χ1n) is 9.28. The van der Waals surface area contributed by atoms with Crippen molar-refractivity contribution in [3.05, 3.63) is 75.3 Å². The predicted molar refractivity (Wildman–Crippen MR) is 109 cm³/mol. The van der Waals surface area contributed by atoms with Gasteiger partial charge in [0.25, 0.3) is 5.69 Å². The van der Waals surface area contributed by atoms with Crippen molar-refractivity contribution >= 4 is 5.69 Å². The highest BCUT2D eigenvalue weighted by Crippen LogP contribution is 2.43. The second-order valence-corrected chi connectivity index (χ2v) is 9.49. The molecule has 2 rings (SSSR count). The van der Waals surface area contributed by atoms with Crippen LogP contribution in [0.25, 0.3) is 0 Å². The van der Waals surface area contributed by atoms with Crippen molar-refractivity contribution in [1.29, 1.82) is 0 Å². The van der Waals surface area contributed by atoms with Crippen LogP contribution >= 0.6 is 0 Å². The standard InChI is InChI=1S/C23H31NO2/c1-22(2,3)16-20(23(4,5)6)18-13-11-17(12-14-18)15-19-9-7-8-10-21(19)24(25)26/h7-14,20H,15-16H2,1-6H3. The van der Waals surface area contributed by atoms with E-state index in [4.69, 9.17) is 0 Å². The van der Waals surface area contributed by atoms with Crippen molar-refractivity contribution in [3.63, 3.8) is 0 Å². The summed E-state index contributed by atoms with van der Waals surface area (Å²) in [5, 5.41) is 11.2. The fourth-order valence-electron chi connectivity index (χ4n) is 3.46. The number of hydrogen-bond donors (Lipinski definition) is 0. The number of rotatable bonds is 5. The lowest BCUT2D eigenvalue weighted by molar-refractivity contribution is -0.385. The monoisotopic (exact) mass is 353 g/mol. The normalized spacial score (nSPS) is 13.5. The molecule has 0 spiro atoms. The first kappa shape index (κ1) is 20.2. The molecule has 0 radical (unpaired) electrons. The molecule has 0 aliphatic rings. The average molecular weight is 354 g/mol. The van der Waals surface area contributed by atoms with Crippen LogP contribution in [-0.4, -0.2) is 4.92 Å². The minimum Gasteiger partial charge on any atom is -0.258 e. The molecular formula is C23H31NO2. The molecule has 1 unspecified atom stereocenters. The molecule has 0 aliphatic heterocycles. The van der Waals surface area contributed by atoms with Gasteiger partial charge in [-0.05, 0) is 34.3 Å². The zero-order valence-electron chi connectivity index (χ0n) is 16.9. The maximum absolute atomic E-state index is 11.2. The molecule has 0 fully saturated rings. The van der Waals surface area contributed by atoms with Crippen molar-refractivity contribution in [3.8, 4) is 0 Å². The van der Waals surface area contributed by atoms with Gasteiger partial charge in [-0.1, -0.05) is 84.0 Å². The second-order valence-electron chi connectivity index (χ2n) is 9.49. The van der Waals surface area contributed by atoms with Crippen molar-refractivity contribution in [2.45, 2.75) is 60.3 Å². The van der Waals surface area contributed by atoms with E-state index in [-0.39, 0.29) is 21.4 Å². The highest BCUT2D eigenvalue weighted by atomic mass is 16.6. The zero-order chi connectivity index (χ0) is 19.5. The molecule has 0 aliphatic carbocycles. The van der Waals surface area contributed by atoms with Gasteiger partial charge in [0.05, 0.1) is 4.92 Å². The van der Waals surface area contributed by atoms with Crippen LogP contribution in [0.2, 0.25) is 0 Å². The Hall–Kier alpha value is -2.16. The van der Waals surface area contributed by atoms with Gasteiger partial charge in [0.2, 0.25) is 0 Å². The first-order valence-corrected chi connectivity index (χ1v) is 9.28. The lowest BCUT2D eigenvalue weighted by Gasteiger charge is -2.36. The van der Waals surface area contributed by atoms with Gasteiger partial charge < -0.3 is 0 Å². The number of nitro benzene ring substituents is 1. The molecule has 0 saturated carbocycles. The number of hydrogen-bond acceptors (Lipinski definition) is 2. The summed E-state index contributed by atoms with van der Waals surface area (Å²) in [7, 11) is 0. The topological polar surface area (TPSA) is 43.1 Å². The summed E-state index contributed by atoms with van der Waals surface area (Å²) in [4.78, 5) is 10.9. The van der Waals surface area contributed by atoms with E-state index in [2.05, 4.69) is 65.8 Å². The van der Waals surface area contributed by atoms with E-state index in [1.807, 2.05) is 12.1 Å². The Bertz CT molecular complexity index is 749. The fourth-order valence-corrected chi connectivity index (χ4v) is 3.46.